The van der Waals surface area contributed by atoms with Crippen LogP contribution in [-0.4, -0.2) is 22.8 Å². The molecule has 0 aliphatic heterocycles. The zero-order valence-electron chi connectivity index (χ0n) is 14.3. The molecule has 2 N–H and O–H groups in total. The smallest absolute Gasteiger partial charge is 0.166 e. The van der Waals surface area contributed by atoms with Gasteiger partial charge in [0.2, 0.25) is 0 Å². The summed E-state index contributed by atoms with van der Waals surface area (Å²) in [6.45, 7) is 0. The molecular formula is C20H14F2N2O4. The molecule has 28 heavy (non-hydrogen) atoms. The van der Waals surface area contributed by atoms with E-state index in [2.05, 4.69) is 10.3 Å². The molecule has 0 aromatic heterocycles. The largest absolute Gasteiger partial charge is 0.454 e. The van der Waals surface area contributed by atoms with Crippen LogP contribution in [0.1, 0.15) is 11.1 Å². The summed E-state index contributed by atoms with van der Waals surface area (Å²) in [6.07, 6.45) is 2.18. The maximum atomic E-state index is 14.1. The van der Waals surface area contributed by atoms with E-state index in [4.69, 9.17) is 19.9 Å². The Balaban J connectivity index is 1.77. The van der Waals surface area contributed by atoms with Crippen molar-refractivity contribution < 1.29 is 28.7 Å². The van der Waals surface area contributed by atoms with Gasteiger partial charge in [-0.25, -0.2) is 8.78 Å². The van der Waals surface area contributed by atoms with Gasteiger partial charge in [0.25, 0.3) is 0 Å². The second-order valence-corrected chi connectivity index (χ2v) is 5.55. The van der Waals surface area contributed by atoms with Crippen LogP contribution in [-0.2, 0) is 0 Å². The molecule has 0 saturated carbocycles. The van der Waals surface area contributed by atoms with Crippen LogP contribution in [0.4, 0.5) is 8.78 Å². The van der Waals surface area contributed by atoms with Gasteiger partial charge in [-0.05, 0) is 59.7 Å². The monoisotopic (exact) mass is 384 g/mol. The van der Waals surface area contributed by atoms with E-state index in [-0.39, 0.29) is 23.0 Å². The number of oxime groups is 2. The van der Waals surface area contributed by atoms with Crippen molar-refractivity contribution in [2.75, 3.05) is 0 Å². The summed E-state index contributed by atoms with van der Waals surface area (Å²) < 4.78 is 39.2. The third-order valence-electron chi connectivity index (χ3n) is 3.59. The van der Waals surface area contributed by atoms with Crippen LogP contribution in [0.25, 0.3) is 0 Å². The first-order valence-corrected chi connectivity index (χ1v) is 7.99. The predicted molar refractivity (Wildman–Crippen MR) is 98.2 cm³/mol. The number of ether oxygens (including phenoxy) is 2. The van der Waals surface area contributed by atoms with E-state index in [0.717, 1.165) is 24.6 Å². The number of rotatable bonds is 6. The third-order valence-corrected chi connectivity index (χ3v) is 3.59. The Labute approximate surface area is 158 Å². The van der Waals surface area contributed by atoms with Gasteiger partial charge in [-0.1, -0.05) is 16.4 Å². The molecule has 0 bridgehead atoms. The van der Waals surface area contributed by atoms with Crippen LogP contribution in [0.2, 0.25) is 0 Å². The lowest BCUT2D eigenvalue weighted by atomic mass is 10.2. The molecule has 6 nitrogen and oxygen atoms in total. The van der Waals surface area contributed by atoms with Crippen LogP contribution in [0.5, 0.6) is 23.0 Å². The van der Waals surface area contributed by atoms with E-state index in [1.165, 1.54) is 30.3 Å². The van der Waals surface area contributed by atoms with Gasteiger partial charge in [-0.3, -0.25) is 0 Å². The zero-order chi connectivity index (χ0) is 19.9. The quantitative estimate of drug-likeness (QED) is 0.349. The first kappa shape index (κ1) is 18.8. The van der Waals surface area contributed by atoms with Crippen molar-refractivity contribution in [2.24, 2.45) is 10.3 Å². The molecule has 0 heterocycles. The Morgan fingerprint density at radius 1 is 0.679 bits per heavy atom. The van der Waals surface area contributed by atoms with E-state index >= 15 is 0 Å². The molecule has 0 atom stereocenters. The summed E-state index contributed by atoms with van der Waals surface area (Å²) in [6, 6.07) is 14.4. The van der Waals surface area contributed by atoms with Crippen LogP contribution < -0.4 is 9.47 Å². The molecule has 0 fully saturated rings. The lowest BCUT2D eigenvalue weighted by molar-refractivity contribution is 0.321. The van der Waals surface area contributed by atoms with Gasteiger partial charge in [-0.15, -0.1) is 0 Å². The van der Waals surface area contributed by atoms with Gasteiger partial charge >= 0.3 is 0 Å². The van der Waals surface area contributed by atoms with Crippen molar-refractivity contribution in [3.05, 3.63) is 83.4 Å². The van der Waals surface area contributed by atoms with Crippen LogP contribution in [0.3, 0.4) is 0 Å². The van der Waals surface area contributed by atoms with Gasteiger partial charge in [0.15, 0.2) is 23.1 Å². The fourth-order valence-electron chi connectivity index (χ4n) is 2.35. The fourth-order valence-corrected chi connectivity index (χ4v) is 2.35. The minimum atomic E-state index is -0.643. The maximum Gasteiger partial charge on any atom is 0.166 e. The summed E-state index contributed by atoms with van der Waals surface area (Å²) in [5.41, 5.74) is 0.740. The van der Waals surface area contributed by atoms with E-state index in [1.807, 2.05) is 0 Å². The van der Waals surface area contributed by atoms with Crippen molar-refractivity contribution in [1.82, 2.24) is 0 Å². The molecule has 0 spiro atoms. The Morgan fingerprint density at radius 2 is 1.14 bits per heavy atom. The summed E-state index contributed by atoms with van der Waals surface area (Å²) in [7, 11) is 0. The Kier molecular flexibility index (Phi) is 5.81. The molecule has 3 aromatic rings. The number of hydrogen-bond acceptors (Lipinski definition) is 6. The van der Waals surface area contributed by atoms with Gasteiger partial charge in [0.05, 0.1) is 12.4 Å². The number of hydrogen-bond donors (Lipinski definition) is 2. The normalized spacial score (nSPS) is 11.2. The summed E-state index contributed by atoms with van der Waals surface area (Å²) in [4.78, 5) is 0. The van der Waals surface area contributed by atoms with Crippen molar-refractivity contribution in [3.8, 4) is 23.0 Å². The average Bonchev–Trinajstić information content (AvgIpc) is 2.67. The van der Waals surface area contributed by atoms with E-state index in [9.17, 15) is 8.78 Å². The molecular weight excluding hydrogens is 370 g/mol. The Hall–Kier alpha value is -3.94. The Morgan fingerprint density at radius 3 is 1.54 bits per heavy atom. The predicted octanol–water partition coefficient (Wildman–Crippen LogP) is 5.17. The number of nitrogens with zero attached hydrogens (tertiary/aromatic N) is 2. The molecule has 142 valence electrons. The molecule has 0 amide bonds. The van der Waals surface area contributed by atoms with E-state index in [1.54, 1.807) is 18.2 Å². The second-order valence-electron chi connectivity index (χ2n) is 5.55. The lowest BCUT2D eigenvalue weighted by Crippen LogP contribution is -1.93. The van der Waals surface area contributed by atoms with Crippen molar-refractivity contribution in [1.29, 1.82) is 0 Å². The van der Waals surface area contributed by atoms with Crippen molar-refractivity contribution in [2.45, 2.75) is 0 Å². The highest BCUT2D eigenvalue weighted by atomic mass is 19.1. The first-order valence-electron chi connectivity index (χ1n) is 7.99. The van der Waals surface area contributed by atoms with Crippen molar-refractivity contribution in [3.63, 3.8) is 0 Å². The van der Waals surface area contributed by atoms with E-state index in [0.29, 0.717) is 11.1 Å². The minimum Gasteiger partial charge on any atom is -0.454 e. The maximum absolute atomic E-state index is 14.1. The standard InChI is InChI=1S/C20H14F2N2O4/c21-17-8-13(11-23-25)4-6-19(17)27-15-2-1-3-16(10-15)28-20-7-5-14(12-24-26)9-18(20)22/h1-12,25-26H. The SMILES string of the molecule is ON=Cc1ccc(Oc2cccc(Oc3ccc(C=NO)cc3F)c2)c(F)c1. The molecule has 8 heteroatoms. The lowest BCUT2D eigenvalue weighted by Gasteiger charge is -2.10. The summed E-state index contributed by atoms with van der Waals surface area (Å²) >= 11 is 0. The summed E-state index contributed by atoms with van der Waals surface area (Å²) in [5, 5.41) is 22.6. The van der Waals surface area contributed by atoms with Gasteiger partial charge in [0.1, 0.15) is 11.5 Å². The molecule has 0 aliphatic rings. The molecule has 3 aromatic carbocycles. The molecule has 0 radical (unpaired) electrons. The van der Waals surface area contributed by atoms with Gasteiger partial charge in [0, 0.05) is 6.07 Å². The van der Waals surface area contributed by atoms with Crippen molar-refractivity contribution >= 4 is 12.4 Å². The highest BCUT2D eigenvalue weighted by Gasteiger charge is 2.09. The van der Waals surface area contributed by atoms with Crippen LogP contribution in [0.15, 0.2) is 71.0 Å². The molecule has 0 aliphatic carbocycles. The molecule has 3 rings (SSSR count). The van der Waals surface area contributed by atoms with Crippen LogP contribution >= 0.6 is 0 Å². The van der Waals surface area contributed by atoms with Crippen LogP contribution in [0, 0.1) is 11.6 Å². The topological polar surface area (TPSA) is 83.6 Å². The van der Waals surface area contributed by atoms with Gasteiger partial charge < -0.3 is 19.9 Å². The third kappa shape index (κ3) is 4.61. The Bertz CT molecular complexity index is 960. The first-order chi connectivity index (χ1) is 13.6. The summed E-state index contributed by atoms with van der Waals surface area (Å²) in [5.74, 6) is -0.794. The highest BCUT2D eigenvalue weighted by Crippen LogP contribution is 2.31. The molecule has 0 unspecified atom stereocenters. The zero-order valence-corrected chi connectivity index (χ0v) is 14.3. The second kappa shape index (κ2) is 8.63. The van der Waals surface area contributed by atoms with E-state index < -0.39 is 11.6 Å². The fraction of sp³-hybridized carbons (Fsp3) is 0. The minimum absolute atomic E-state index is 0.0361. The highest BCUT2D eigenvalue weighted by molar-refractivity contribution is 5.79. The van der Waals surface area contributed by atoms with Gasteiger partial charge in [-0.2, -0.15) is 0 Å². The number of halogens is 2. The average molecular weight is 384 g/mol. The number of benzene rings is 3. The molecule has 0 saturated heterocycles.